The Hall–Kier alpha value is -5.64. The monoisotopic (exact) mass is 616 g/mol. The number of rotatable bonds is 2. The zero-order valence-electron chi connectivity index (χ0n) is 25.5. The third-order valence-corrected chi connectivity index (χ3v) is 11.1. The number of fused-ring (bicyclic) bond motifs is 11. The quantitative estimate of drug-likeness (QED) is 0.192. The molecule has 10 rings (SSSR count). The molecule has 2 aliphatic rings. The molecule has 0 saturated carbocycles. The maximum absolute atomic E-state index is 5.28. The minimum atomic E-state index is -0.545. The van der Waals surface area contributed by atoms with E-state index in [1.165, 1.54) is 53.9 Å². The Balaban J connectivity index is 1.35. The molecule has 0 N–H and O–H groups in total. The minimum absolute atomic E-state index is 0.545. The van der Waals surface area contributed by atoms with E-state index in [0.29, 0.717) is 0 Å². The lowest BCUT2D eigenvalue weighted by Gasteiger charge is -2.43. The number of nitrogens with zero attached hydrogens (tertiary/aromatic N) is 2. The van der Waals surface area contributed by atoms with Crippen molar-refractivity contribution in [2.24, 2.45) is 0 Å². The van der Waals surface area contributed by atoms with Gasteiger partial charge in [0.05, 0.1) is 16.4 Å². The van der Waals surface area contributed by atoms with Crippen LogP contribution in [0, 0.1) is 0 Å². The van der Waals surface area contributed by atoms with Crippen LogP contribution in [0.15, 0.2) is 168 Å². The zero-order valence-corrected chi connectivity index (χ0v) is 26.3. The van der Waals surface area contributed by atoms with Crippen molar-refractivity contribution in [1.82, 2.24) is 9.55 Å². The molecule has 47 heavy (non-hydrogen) atoms. The molecule has 1 atom stereocenters. The summed E-state index contributed by atoms with van der Waals surface area (Å²) in [4.78, 5) is 7.90. The Labute approximate surface area is 277 Å². The van der Waals surface area contributed by atoms with Crippen molar-refractivity contribution in [3.05, 3.63) is 191 Å². The van der Waals surface area contributed by atoms with Crippen molar-refractivity contribution >= 4 is 45.7 Å². The van der Waals surface area contributed by atoms with Gasteiger partial charge in [-0.2, -0.15) is 0 Å². The van der Waals surface area contributed by atoms with E-state index in [2.05, 4.69) is 174 Å². The van der Waals surface area contributed by atoms with E-state index < -0.39 is 5.41 Å². The van der Waals surface area contributed by atoms with Crippen LogP contribution in [0.25, 0.3) is 51.0 Å². The van der Waals surface area contributed by atoms with Crippen molar-refractivity contribution in [3.8, 4) is 17.1 Å². The van der Waals surface area contributed by atoms with E-state index in [0.717, 1.165) is 28.1 Å². The SMILES string of the molecule is C1=Cc2ccc(-c3nc4ccccc4n3-c3ccccc3)cc2C2(c3ccccc31)c1ccccc1Sc1c2ccc2ccccc12. The van der Waals surface area contributed by atoms with Crippen LogP contribution >= 0.6 is 11.8 Å². The van der Waals surface area contributed by atoms with Crippen LogP contribution in [0.2, 0.25) is 0 Å². The molecule has 3 heteroatoms. The smallest absolute Gasteiger partial charge is 0.145 e. The first-order chi connectivity index (χ1) is 23.3. The molecule has 7 aromatic carbocycles. The summed E-state index contributed by atoms with van der Waals surface area (Å²) in [6, 6.07) is 57.5. The lowest BCUT2D eigenvalue weighted by Crippen LogP contribution is -2.35. The average molecular weight is 617 g/mol. The largest absolute Gasteiger partial charge is 0.292 e. The molecule has 220 valence electrons. The first-order valence-corrected chi connectivity index (χ1v) is 16.9. The predicted molar refractivity (Wildman–Crippen MR) is 195 cm³/mol. The molecule has 2 heterocycles. The van der Waals surface area contributed by atoms with Gasteiger partial charge in [-0.15, -0.1) is 0 Å². The van der Waals surface area contributed by atoms with Crippen LogP contribution in [0.3, 0.4) is 0 Å². The molecule has 0 amide bonds. The number of para-hydroxylation sites is 3. The zero-order chi connectivity index (χ0) is 31.0. The molecule has 8 aromatic rings. The summed E-state index contributed by atoms with van der Waals surface area (Å²) in [5, 5.41) is 2.56. The molecule has 1 unspecified atom stereocenters. The molecule has 0 bridgehead atoms. The summed E-state index contributed by atoms with van der Waals surface area (Å²) in [6.07, 6.45) is 4.60. The van der Waals surface area contributed by atoms with Gasteiger partial charge < -0.3 is 0 Å². The van der Waals surface area contributed by atoms with Crippen LogP contribution < -0.4 is 0 Å². The van der Waals surface area contributed by atoms with E-state index in [1.54, 1.807) is 0 Å². The van der Waals surface area contributed by atoms with Crippen LogP contribution in [-0.2, 0) is 5.41 Å². The second-order valence-corrected chi connectivity index (χ2v) is 13.4. The van der Waals surface area contributed by atoms with Gasteiger partial charge in [-0.1, -0.05) is 145 Å². The van der Waals surface area contributed by atoms with Crippen molar-refractivity contribution in [2.45, 2.75) is 15.2 Å². The van der Waals surface area contributed by atoms with Crippen LogP contribution in [0.1, 0.15) is 33.4 Å². The number of aromatic nitrogens is 2. The summed E-state index contributed by atoms with van der Waals surface area (Å²) in [6.45, 7) is 0. The standard InChI is InChI=1S/C44H28N2S/c1-2-14-33(15-3-1)46-40-20-10-9-19-39(40)45-43(46)32-25-24-31-23-22-30-13-5-7-17-35(30)44(38(31)28-32)36-18-8-11-21-41(36)47-42-34-16-6-4-12-29(34)26-27-37(42)44/h1-28H. The van der Waals surface area contributed by atoms with Gasteiger partial charge in [-0.05, 0) is 80.6 Å². The highest BCUT2D eigenvalue weighted by molar-refractivity contribution is 7.99. The molecule has 1 aliphatic carbocycles. The van der Waals surface area contributed by atoms with Crippen molar-refractivity contribution in [2.75, 3.05) is 0 Å². The van der Waals surface area contributed by atoms with Gasteiger partial charge in [0.15, 0.2) is 0 Å². The van der Waals surface area contributed by atoms with Gasteiger partial charge in [0, 0.05) is 21.0 Å². The first kappa shape index (κ1) is 26.6. The van der Waals surface area contributed by atoms with E-state index in [9.17, 15) is 0 Å². The maximum atomic E-state index is 5.28. The van der Waals surface area contributed by atoms with Crippen molar-refractivity contribution in [1.29, 1.82) is 0 Å². The summed E-state index contributed by atoms with van der Waals surface area (Å²) in [5.41, 5.74) is 11.4. The van der Waals surface area contributed by atoms with E-state index in [-0.39, 0.29) is 0 Å². The second-order valence-electron chi connectivity index (χ2n) is 12.3. The number of imidazole rings is 1. The van der Waals surface area contributed by atoms with Crippen molar-refractivity contribution in [3.63, 3.8) is 0 Å². The van der Waals surface area contributed by atoms with Crippen LogP contribution in [0.5, 0.6) is 0 Å². The van der Waals surface area contributed by atoms with Gasteiger partial charge in [0.2, 0.25) is 0 Å². The third-order valence-electron chi connectivity index (χ3n) is 9.88. The maximum Gasteiger partial charge on any atom is 0.145 e. The first-order valence-electron chi connectivity index (χ1n) is 16.1. The molecular formula is C44H28N2S. The minimum Gasteiger partial charge on any atom is -0.292 e. The third kappa shape index (κ3) is 3.78. The average Bonchev–Trinajstić information content (AvgIpc) is 3.47. The Kier molecular flexibility index (Phi) is 5.76. The molecular weight excluding hydrogens is 589 g/mol. The van der Waals surface area contributed by atoms with Gasteiger partial charge in [-0.25, -0.2) is 4.98 Å². The Bertz CT molecular complexity index is 2560. The Morgan fingerprint density at radius 2 is 1.26 bits per heavy atom. The van der Waals surface area contributed by atoms with E-state index >= 15 is 0 Å². The van der Waals surface area contributed by atoms with Crippen LogP contribution in [-0.4, -0.2) is 9.55 Å². The summed E-state index contributed by atoms with van der Waals surface area (Å²) in [5.74, 6) is 0.939. The van der Waals surface area contributed by atoms with Gasteiger partial charge in [-0.3, -0.25) is 4.57 Å². The Morgan fingerprint density at radius 3 is 2.17 bits per heavy atom. The highest BCUT2D eigenvalue weighted by atomic mass is 32.2. The molecule has 0 saturated heterocycles. The molecule has 0 radical (unpaired) electrons. The molecule has 1 aromatic heterocycles. The normalized spacial score (nSPS) is 16.0. The second kappa shape index (κ2) is 10.2. The van der Waals surface area contributed by atoms with E-state index in [4.69, 9.17) is 4.98 Å². The molecule has 1 aliphatic heterocycles. The highest BCUT2D eigenvalue weighted by Gasteiger charge is 2.47. The lowest BCUT2D eigenvalue weighted by atomic mass is 9.63. The van der Waals surface area contributed by atoms with Crippen LogP contribution in [0.4, 0.5) is 0 Å². The number of benzene rings is 7. The topological polar surface area (TPSA) is 17.8 Å². The fraction of sp³-hybridized carbons (Fsp3) is 0.0227. The molecule has 0 fully saturated rings. The lowest BCUT2D eigenvalue weighted by molar-refractivity contribution is 0.704. The molecule has 2 nitrogen and oxygen atoms in total. The summed E-state index contributed by atoms with van der Waals surface area (Å²) >= 11 is 1.90. The predicted octanol–water partition coefficient (Wildman–Crippen LogP) is 11.2. The summed E-state index contributed by atoms with van der Waals surface area (Å²) in [7, 11) is 0. The number of hydrogen-bond acceptors (Lipinski definition) is 2. The van der Waals surface area contributed by atoms with E-state index in [1.807, 2.05) is 11.8 Å². The van der Waals surface area contributed by atoms with Gasteiger partial charge in [0.1, 0.15) is 5.82 Å². The summed E-state index contributed by atoms with van der Waals surface area (Å²) < 4.78 is 2.30. The Morgan fingerprint density at radius 1 is 0.532 bits per heavy atom. The number of hydrogen-bond donors (Lipinski definition) is 0. The van der Waals surface area contributed by atoms with Crippen molar-refractivity contribution < 1.29 is 0 Å². The van der Waals surface area contributed by atoms with Gasteiger partial charge >= 0.3 is 0 Å². The fourth-order valence-electron chi connectivity index (χ4n) is 7.88. The fourth-order valence-corrected chi connectivity index (χ4v) is 9.21. The highest BCUT2D eigenvalue weighted by Crippen LogP contribution is 2.59. The molecule has 1 spiro atoms. The van der Waals surface area contributed by atoms with Gasteiger partial charge in [0.25, 0.3) is 0 Å².